The monoisotopic (exact) mass is 928 g/mol. The molecule has 0 amide bonds. The largest absolute Gasteiger partial charge is 0.494 e. The molecule has 348 valence electrons. The summed E-state index contributed by atoms with van der Waals surface area (Å²) in [6.45, 7) is 2.98. The van der Waals surface area contributed by atoms with Gasteiger partial charge in [0.25, 0.3) is 0 Å². The third-order valence-electron chi connectivity index (χ3n) is 11.4. The first-order valence-electron chi connectivity index (χ1n) is 23.6. The van der Waals surface area contributed by atoms with Gasteiger partial charge in [-0.05, 0) is 116 Å². The Balaban J connectivity index is 0.859. The summed E-state index contributed by atoms with van der Waals surface area (Å²) in [6.07, 6.45) is 0. The van der Waals surface area contributed by atoms with Crippen LogP contribution in [0.3, 0.4) is 0 Å². The summed E-state index contributed by atoms with van der Waals surface area (Å²) in [5.41, 5.74) is 12.1. The van der Waals surface area contributed by atoms with Crippen molar-refractivity contribution in [2.45, 2.75) is 6.92 Å². The molecular formula is C63H52N4O4. The number of aliphatic imine (C=N–C) groups is 4. The first-order chi connectivity index (χ1) is 35.2. The minimum atomic E-state index is 0.113. The van der Waals surface area contributed by atoms with Crippen LogP contribution in [-0.4, -0.2) is 49.6 Å². The molecule has 9 aromatic rings. The van der Waals surface area contributed by atoms with E-state index in [9.17, 15) is 0 Å². The number of hydrogen-bond acceptors (Lipinski definition) is 8. The maximum Gasteiger partial charge on any atom is 0.179 e. The summed E-state index contributed by atoms with van der Waals surface area (Å²) < 4.78 is 24.3. The molecule has 71 heavy (non-hydrogen) atoms. The lowest BCUT2D eigenvalue weighted by Gasteiger charge is -2.12. The predicted molar refractivity (Wildman–Crippen MR) is 288 cm³/mol. The van der Waals surface area contributed by atoms with E-state index >= 15 is 0 Å². The first kappa shape index (κ1) is 46.9. The predicted octanol–water partition coefficient (Wildman–Crippen LogP) is 13.9. The molecule has 0 saturated heterocycles. The normalized spacial score (nSPS) is 12.0. The van der Waals surface area contributed by atoms with Crippen molar-refractivity contribution in [3.63, 3.8) is 0 Å². The van der Waals surface area contributed by atoms with Crippen LogP contribution in [0, 0.1) is 0 Å². The van der Waals surface area contributed by atoms with Gasteiger partial charge in [0.05, 0.1) is 35.1 Å². The van der Waals surface area contributed by atoms with Gasteiger partial charge in [0, 0.05) is 44.5 Å². The van der Waals surface area contributed by atoms with Gasteiger partial charge in [-0.25, -0.2) is 20.0 Å². The van der Waals surface area contributed by atoms with E-state index in [0.717, 1.165) is 78.8 Å². The molecule has 0 bridgehead atoms. The third-order valence-corrected chi connectivity index (χ3v) is 11.4. The molecule has 0 N–H and O–H groups in total. The zero-order valence-corrected chi connectivity index (χ0v) is 39.4. The second-order valence-corrected chi connectivity index (χ2v) is 16.1. The smallest absolute Gasteiger partial charge is 0.179 e. The fourth-order valence-corrected chi connectivity index (χ4v) is 7.88. The molecule has 0 aliphatic rings. The second kappa shape index (κ2) is 24.2. The van der Waals surface area contributed by atoms with Crippen molar-refractivity contribution in [1.29, 1.82) is 0 Å². The summed E-state index contributed by atoms with van der Waals surface area (Å²) >= 11 is 0. The quantitative estimate of drug-likeness (QED) is 0.0713. The van der Waals surface area contributed by atoms with E-state index in [0.29, 0.717) is 23.9 Å². The molecule has 0 heterocycles. The molecule has 8 heteroatoms. The number of para-hydroxylation sites is 1. The van der Waals surface area contributed by atoms with Crippen molar-refractivity contribution in [2.75, 3.05) is 26.8 Å². The Morgan fingerprint density at radius 1 is 0.268 bits per heavy atom. The molecule has 0 aliphatic heterocycles. The van der Waals surface area contributed by atoms with Crippen molar-refractivity contribution in [3.05, 3.63) is 293 Å². The lowest BCUT2D eigenvalue weighted by atomic mass is 10.0. The van der Waals surface area contributed by atoms with E-state index in [1.165, 1.54) is 0 Å². The number of ether oxygens (including phenoxy) is 4. The fourth-order valence-electron chi connectivity index (χ4n) is 7.88. The maximum absolute atomic E-state index is 6.23. The van der Waals surface area contributed by atoms with Crippen LogP contribution in [0.25, 0.3) is 0 Å². The minimum Gasteiger partial charge on any atom is -0.494 e. The molecule has 9 aromatic carbocycles. The third kappa shape index (κ3) is 12.9. The van der Waals surface area contributed by atoms with Crippen LogP contribution in [0.5, 0.6) is 23.0 Å². The molecule has 0 saturated carbocycles. The van der Waals surface area contributed by atoms with Crippen molar-refractivity contribution in [2.24, 2.45) is 20.0 Å². The summed E-state index contributed by atoms with van der Waals surface area (Å²) in [5.74, 6) is 2.91. The van der Waals surface area contributed by atoms with Gasteiger partial charge in [-0.1, -0.05) is 140 Å². The number of nitrogens with zero attached hydrogens (tertiary/aromatic N) is 4. The molecule has 0 fully saturated rings. The molecule has 0 aromatic heterocycles. The van der Waals surface area contributed by atoms with Gasteiger partial charge in [-0.2, -0.15) is 0 Å². The van der Waals surface area contributed by atoms with Gasteiger partial charge in [-0.3, -0.25) is 0 Å². The van der Waals surface area contributed by atoms with Gasteiger partial charge in [0.15, 0.2) is 20.2 Å². The highest BCUT2D eigenvalue weighted by molar-refractivity contribution is 6.15. The summed E-state index contributed by atoms with van der Waals surface area (Å²) in [7, 11) is 0. The van der Waals surface area contributed by atoms with Crippen LogP contribution in [0.15, 0.2) is 269 Å². The highest BCUT2D eigenvalue weighted by Gasteiger charge is 2.13. The van der Waals surface area contributed by atoms with Crippen molar-refractivity contribution >= 4 is 28.5 Å². The number of hydrogen-bond donors (Lipinski definition) is 0. The van der Waals surface area contributed by atoms with Gasteiger partial charge < -0.3 is 18.9 Å². The number of rotatable bonds is 20. The Labute approximate surface area is 415 Å². The standard InChI is InChI=1S/C63H52N4O4/c1-2-68-56-36-28-51(29-37-56)60(47-18-8-3-9-19-47)64-44-69-57-38-30-52(31-39-57)61(48-20-10-4-11-21-48)65-45-70-58-40-32-53(33-41-58)62(49-22-12-5-13-23-49)66-46-71-59-42-34-54(35-43-59)63(50-24-14-6-15-25-50)67-55-26-16-7-17-27-55/h3-43H,2,44-46H2,1H3. The molecule has 0 atom stereocenters. The Bertz CT molecular complexity index is 3180. The van der Waals surface area contributed by atoms with Crippen LogP contribution >= 0.6 is 0 Å². The highest BCUT2D eigenvalue weighted by Crippen LogP contribution is 2.23. The van der Waals surface area contributed by atoms with Crippen LogP contribution in [0.2, 0.25) is 0 Å². The van der Waals surface area contributed by atoms with Crippen molar-refractivity contribution in [3.8, 4) is 23.0 Å². The minimum absolute atomic E-state index is 0.113. The lowest BCUT2D eigenvalue weighted by molar-refractivity contribution is 0.331. The van der Waals surface area contributed by atoms with Gasteiger partial charge in [0.2, 0.25) is 0 Å². The molecule has 0 spiro atoms. The maximum atomic E-state index is 6.23. The summed E-state index contributed by atoms with van der Waals surface area (Å²) in [5, 5.41) is 0. The van der Waals surface area contributed by atoms with Gasteiger partial charge >= 0.3 is 0 Å². The highest BCUT2D eigenvalue weighted by atomic mass is 16.5. The van der Waals surface area contributed by atoms with Crippen LogP contribution in [-0.2, 0) is 0 Å². The molecule has 0 radical (unpaired) electrons. The van der Waals surface area contributed by atoms with E-state index in [2.05, 4.69) is 24.3 Å². The Kier molecular flexibility index (Phi) is 16.0. The fraction of sp³-hybridized carbons (Fsp3) is 0.0794. The van der Waals surface area contributed by atoms with E-state index in [1.54, 1.807) is 0 Å². The SMILES string of the molecule is CCOc1ccc(C(=NCOc2ccc(C(=NCOc3ccc(C(=NCOc4ccc(C(=Nc5ccccc5)c5ccccc5)cc4)c4ccccc4)cc3)c3ccccc3)cc2)c2ccccc2)cc1. The van der Waals surface area contributed by atoms with E-state index in [1.807, 2.05) is 231 Å². The zero-order chi connectivity index (χ0) is 48.3. The van der Waals surface area contributed by atoms with Gasteiger partial charge in [-0.15, -0.1) is 0 Å². The zero-order valence-electron chi connectivity index (χ0n) is 39.4. The Morgan fingerprint density at radius 2 is 0.507 bits per heavy atom. The molecule has 0 unspecified atom stereocenters. The average molecular weight is 929 g/mol. The molecule has 8 nitrogen and oxygen atoms in total. The van der Waals surface area contributed by atoms with Crippen LogP contribution in [0.4, 0.5) is 5.69 Å². The van der Waals surface area contributed by atoms with Crippen molar-refractivity contribution in [1.82, 2.24) is 0 Å². The molecular weight excluding hydrogens is 877 g/mol. The first-order valence-corrected chi connectivity index (χ1v) is 23.6. The van der Waals surface area contributed by atoms with Crippen LogP contribution in [0.1, 0.15) is 51.4 Å². The summed E-state index contributed by atoms with van der Waals surface area (Å²) in [6, 6.07) is 82.3. The number of benzene rings is 9. The molecule has 9 rings (SSSR count). The van der Waals surface area contributed by atoms with E-state index in [-0.39, 0.29) is 20.2 Å². The van der Waals surface area contributed by atoms with Crippen molar-refractivity contribution < 1.29 is 18.9 Å². The Hall–Kier alpha value is -9.14. The van der Waals surface area contributed by atoms with Gasteiger partial charge in [0.1, 0.15) is 23.0 Å². The van der Waals surface area contributed by atoms with E-state index < -0.39 is 0 Å². The van der Waals surface area contributed by atoms with E-state index in [4.69, 9.17) is 38.9 Å². The Morgan fingerprint density at radius 3 is 0.803 bits per heavy atom. The second-order valence-electron chi connectivity index (χ2n) is 16.1. The molecule has 0 aliphatic carbocycles. The topological polar surface area (TPSA) is 86.4 Å². The lowest BCUT2D eigenvalue weighted by Crippen LogP contribution is -2.08. The summed E-state index contributed by atoms with van der Waals surface area (Å²) in [4.78, 5) is 19.8. The average Bonchev–Trinajstić information content (AvgIpc) is 3.44. The van der Waals surface area contributed by atoms with Crippen LogP contribution < -0.4 is 18.9 Å².